The number of rotatable bonds is 6. The topological polar surface area (TPSA) is 99.0 Å². The molecule has 0 spiro atoms. The second-order valence-electron chi connectivity index (χ2n) is 8.88. The molecule has 0 aromatic carbocycles. The molecule has 2 aromatic rings. The number of nitrogens with zero attached hydrogens (tertiary/aromatic N) is 4. The van der Waals surface area contributed by atoms with Gasteiger partial charge in [-0.15, -0.1) is 0 Å². The third-order valence-corrected chi connectivity index (χ3v) is 6.85. The second kappa shape index (κ2) is 9.92. The third kappa shape index (κ3) is 4.96. The number of carbonyl (C=O) groups excluding carboxylic acids is 3. The smallest absolute Gasteiger partial charge is 0.255 e. The highest BCUT2D eigenvalue weighted by molar-refractivity contribution is 7.80. The van der Waals surface area contributed by atoms with Crippen LogP contribution in [0.1, 0.15) is 52.7 Å². The Hall–Kier alpha value is -3.27. The van der Waals surface area contributed by atoms with Gasteiger partial charge in [0.05, 0.1) is 30.5 Å². The van der Waals surface area contributed by atoms with Crippen molar-refractivity contribution in [2.24, 2.45) is 0 Å². The summed E-state index contributed by atoms with van der Waals surface area (Å²) in [6.07, 6.45) is 3.08. The number of piperidine rings is 1. The Kier molecular flexibility index (Phi) is 6.97. The van der Waals surface area contributed by atoms with Gasteiger partial charge in [0.2, 0.25) is 5.91 Å². The van der Waals surface area contributed by atoms with Gasteiger partial charge in [-0.2, -0.15) is 0 Å². The fraction of sp³-hybridized carbons (Fsp3) is 0.458. The van der Waals surface area contributed by atoms with Crippen molar-refractivity contribution in [1.82, 2.24) is 25.0 Å². The van der Waals surface area contributed by atoms with Gasteiger partial charge in [-0.3, -0.25) is 24.3 Å². The fourth-order valence-electron chi connectivity index (χ4n) is 4.47. The molecule has 2 aliphatic rings. The predicted molar refractivity (Wildman–Crippen MR) is 129 cm³/mol. The summed E-state index contributed by atoms with van der Waals surface area (Å²) in [6, 6.07) is 6.73. The summed E-state index contributed by atoms with van der Waals surface area (Å²) in [4.78, 5) is 47.8. The maximum Gasteiger partial charge on any atom is 0.255 e. The van der Waals surface area contributed by atoms with Gasteiger partial charge in [-0.05, 0) is 56.2 Å². The van der Waals surface area contributed by atoms with Crippen LogP contribution in [0, 0.1) is 6.92 Å². The molecular weight excluding hydrogens is 454 g/mol. The molecule has 0 bridgehead atoms. The van der Waals surface area contributed by atoms with E-state index in [1.165, 1.54) is 4.90 Å². The van der Waals surface area contributed by atoms with Gasteiger partial charge >= 0.3 is 0 Å². The summed E-state index contributed by atoms with van der Waals surface area (Å²) in [5, 5.41) is 3.26. The number of likely N-dealkylation sites (tertiary alicyclic amines) is 1. The normalized spacial score (nSPS) is 18.9. The fourth-order valence-corrected chi connectivity index (χ4v) is 4.70. The maximum atomic E-state index is 13.2. The van der Waals surface area contributed by atoms with Crippen LogP contribution in [0.4, 0.5) is 0 Å². The highest BCUT2D eigenvalue weighted by Gasteiger charge is 2.36. The zero-order valence-electron chi connectivity index (χ0n) is 19.6. The lowest BCUT2D eigenvalue weighted by atomic mass is 9.89. The molecule has 0 radical (unpaired) electrons. The first-order valence-corrected chi connectivity index (χ1v) is 11.8. The first-order valence-electron chi connectivity index (χ1n) is 11.4. The number of hydrogen-bond donors (Lipinski definition) is 1. The van der Waals surface area contributed by atoms with E-state index in [2.05, 4.69) is 5.32 Å². The molecule has 2 aromatic heterocycles. The van der Waals surface area contributed by atoms with E-state index in [0.717, 1.165) is 11.4 Å². The number of likely N-dealkylation sites (N-methyl/N-ethyl adjacent to an activating group) is 1. The highest BCUT2D eigenvalue weighted by Crippen LogP contribution is 2.30. The monoisotopic (exact) mass is 483 g/mol. The Morgan fingerprint density at radius 2 is 2.00 bits per heavy atom. The number of aryl methyl sites for hydroxylation is 1. The van der Waals surface area contributed by atoms with Crippen LogP contribution in [-0.4, -0.2) is 75.7 Å². The lowest BCUT2D eigenvalue weighted by Crippen LogP contribution is -2.42. The van der Waals surface area contributed by atoms with Gasteiger partial charge in [-0.1, -0.05) is 0 Å². The van der Waals surface area contributed by atoms with Crippen LogP contribution < -0.4 is 5.32 Å². The van der Waals surface area contributed by atoms with E-state index in [1.807, 2.05) is 25.1 Å². The van der Waals surface area contributed by atoms with Crippen molar-refractivity contribution >= 4 is 35.1 Å². The van der Waals surface area contributed by atoms with Gasteiger partial charge in [0.15, 0.2) is 5.11 Å². The lowest BCUT2D eigenvalue weighted by Gasteiger charge is -2.33. The van der Waals surface area contributed by atoms with Crippen LogP contribution in [0.2, 0.25) is 0 Å². The van der Waals surface area contributed by atoms with Gasteiger partial charge in [0, 0.05) is 38.8 Å². The number of aromatic nitrogens is 1. The highest BCUT2D eigenvalue weighted by atomic mass is 32.1. The van der Waals surface area contributed by atoms with Crippen molar-refractivity contribution in [1.29, 1.82) is 0 Å². The Morgan fingerprint density at radius 1 is 1.26 bits per heavy atom. The van der Waals surface area contributed by atoms with Gasteiger partial charge in [-0.25, -0.2) is 0 Å². The van der Waals surface area contributed by atoms with Crippen LogP contribution in [0.15, 0.2) is 34.9 Å². The van der Waals surface area contributed by atoms with Crippen LogP contribution >= 0.6 is 12.2 Å². The molecule has 34 heavy (non-hydrogen) atoms. The molecular formula is C24H29N5O4S. The van der Waals surface area contributed by atoms with E-state index in [4.69, 9.17) is 21.6 Å². The number of furan rings is 1. The molecule has 9 nitrogen and oxygen atoms in total. The lowest BCUT2D eigenvalue weighted by molar-refractivity contribution is -0.136. The molecule has 1 atom stereocenters. The molecule has 4 heterocycles. The van der Waals surface area contributed by atoms with E-state index in [1.54, 1.807) is 36.2 Å². The summed E-state index contributed by atoms with van der Waals surface area (Å²) in [5.74, 6) is 0.424. The van der Waals surface area contributed by atoms with E-state index >= 15 is 0 Å². The molecule has 1 unspecified atom stereocenters. The third-order valence-electron chi connectivity index (χ3n) is 6.46. The Bertz CT molecular complexity index is 1090. The number of amides is 3. The van der Waals surface area contributed by atoms with Gasteiger partial charge in [0.25, 0.3) is 11.8 Å². The number of thiocarbonyl (C=S) groups is 1. The Balaban J connectivity index is 1.40. The number of carbonyl (C=O) groups is 3. The Morgan fingerprint density at radius 3 is 2.62 bits per heavy atom. The summed E-state index contributed by atoms with van der Waals surface area (Å²) in [5.41, 5.74) is 2.22. The number of nitrogens with one attached hydrogen (secondary N) is 1. The predicted octanol–water partition coefficient (Wildman–Crippen LogP) is 2.07. The van der Waals surface area contributed by atoms with Crippen molar-refractivity contribution in [3.8, 4) is 0 Å². The van der Waals surface area contributed by atoms with Gasteiger partial charge in [0.1, 0.15) is 11.8 Å². The van der Waals surface area contributed by atoms with E-state index in [-0.39, 0.29) is 30.1 Å². The molecule has 0 saturated carbocycles. The van der Waals surface area contributed by atoms with Crippen LogP contribution in [0.25, 0.3) is 0 Å². The maximum absolute atomic E-state index is 13.2. The minimum Gasteiger partial charge on any atom is -0.467 e. The number of pyridine rings is 1. The SMILES string of the molecule is Cc1ccc(C(=O)N(C)Cc2ccco2)c(C2CCN(C(=O)CC3NC(=S)N(C)C3=O)CC2)n1. The van der Waals surface area contributed by atoms with Crippen LogP contribution in [0.5, 0.6) is 0 Å². The summed E-state index contributed by atoms with van der Waals surface area (Å²) < 4.78 is 5.37. The molecule has 10 heteroatoms. The Labute approximate surface area is 204 Å². The summed E-state index contributed by atoms with van der Waals surface area (Å²) >= 11 is 5.09. The molecule has 1 N–H and O–H groups in total. The van der Waals surface area contributed by atoms with E-state index in [9.17, 15) is 14.4 Å². The first-order chi connectivity index (χ1) is 16.2. The summed E-state index contributed by atoms with van der Waals surface area (Å²) in [7, 11) is 3.35. The molecule has 2 aliphatic heterocycles. The van der Waals surface area contributed by atoms with Crippen LogP contribution in [-0.2, 0) is 16.1 Å². The van der Waals surface area contributed by atoms with Crippen LogP contribution in [0.3, 0.4) is 0 Å². The van der Waals surface area contributed by atoms with Crippen molar-refractivity contribution in [3.05, 3.63) is 53.2 Å². The molecule has 0 aliphatic carbocycles. The number of hydrogen-bond acceptors (Lipinski definition) is 6. The molecule has 2 fully saturated rings. The molecule has 2 saturated heterocycles. The van der Waals surface area contributed by atoms with Gasteiger partial charge < -0.3 is 19.5 Å². The van der Waals surface area contributed by atoms with Crippen molar-refractivity contribution in [2.75, 3.05) is 27.2 Å². The van der Waals surface area contributed by atoms with E-state index < -0.39 is 6.04 Å². The minimum atomic E-state index is -0.602. The van der Waals surface area contributed by atoms with Crippen molar-refractivity contribution in [3.63, 3.8) is 0 Å². The molecule has 3 amide bonds. The van der Waals surface area contributed by atoms with Crippen molar-refractivity contribution in [2.45, 2.75) is 44.7 Å². The van der Waals surface area contributed by atoms with E-state index in [0.29, 0.717) is 48.9 Å². The average Bonchev–Trinajstić information content (AvgIpc) is 3.42. The van der Waals surface area contributed by atoms with Crippen molar-refractivity contribution < 1.29 is 18.8 Å². The zero-order valence-corrected chi connectivity index (χ0v) is 20.4. The molecule has 4 rings (SSSR count). The molecule has 180 valence electrons. The second-order valence-corrected chi connectivity index (χ2v) is 9.27. The first kappa shape index (κ1) is 23.9. The quantitative estimate of drug-likeness (QED) is 0.628. The average molecular weight is 484 g/mol. The summed E-state index contributed by atoms with van der Waals surface area (Å²) in [6.45, 7) is 3.39. The largest absolute Gasteiger partial charge is 0.467 e. The zero-order chi connectivity index (χ0) is 24.4. The minimum absolute atomic E-state index is 0.0739. The standard InChI is InChI=1S/C24H29N5O4S/c1-15-6-7-18(22(31)27(2)14-17-5-4-12-33-17)21(25-15)16-8-10-29(11-9-16)20(30)13-19-23(32)28(3)24(34)26-19/h4-7,12,16,19H,8-11,13-14H2,1-3H3,(H,26,34).